The summed E-state index contributed by atoms with van der Waals surface area (Å²) in [6.45, 7) is 2.59. The highest BCUT2D eigenvalue weighted by atomic mass is 127. The molecule has 190 valence electrons. The number of aliphatic imine (C=N–C) groups is 1. The molecule has 0 amide bonds. The molecule has 5 rings (SSSR count). The molecule has 0 radical (unpaired) electrons. The monoisotopic (exact) mass is 619 g/mol. The van der Waals surface area contributed by atoms with Gasteiger partial charge in [-0.1, -0.05) is 54.6 Å². The fraction of sp³-hybridized carbons (Fsp3) is 0.0968. The molecule has 0 bridgehead atoms. The van der Waals surface area contributed by atoms with Crippen LogP contribution in [0.3, 0.4) is 0 Å². The average molecular weight is 619 g/mol. The van der Waals surface area contributed by atoms with Crippen molar-refractivity contribution in [2.75, 3.05) is 6.61 Å². The molecule has 1 heterocycles. The Morgan fingerprint density at radius 2 is 1.58 bits per heavy atom. The number of hydrogen-bond donors (Lipinski definition) is 0. The van der Waals surface area contributed by atoms with Crippen molar-refractivity contribution in [3.63, 3.8) is 0 Å². The van der Waals surface area contributed by atoms with E-state index in [4.69, 9.17) is 14.2 Å². The van der Waals surface area contributed by atoms with Gasteiger partial charge in [0.05, 0.1) is 10.2 Å². The lowest BCUT2D eigenvalue weighted by Crippen LogP contribution is -2.05. The van der Waals surface area contributed by atoms with E-state index in [1.807, 2.05) is 67.6 Å². The van der Waals surface area contributed by atoms with Crippen LogP contribution >= 0.6 is 22.6 Å². The fourth-order valence-electron chi connectivity index (χ4n) is 3.94. The van der Waals surface area contributed by atoms with Crippen LogP contribution < -0.4 is 9.47 Å². The maximum absolute atomic E-state index is 13.2. The first-order chi connectivity index (χ1) is 18.5. The standard InChI is InChI=1S/C31H23FINO4/c1-2-36-28-18-21(16-26(33)29(28)37-19-20-8-14-25(32)15-9-20)17-27-31(35)38-30(34-27)24-12-10-23(11-13-24)22-6-4-3-5-7-22/h3-18H,2,19H2,1H3/b27-17-. The molecule has 4 aromatic carbocycles. The molecule has 1 aliphatic heterocycles. The average Bonchev–Trinajstić information content (AvgIpc) is 3.30. The largest absolute Gasteiger partial charge is 0.490 e. The molecular weight excluding hydrogens is 596 g/mol. The third-order valence-electron chi connectivity index (χ3n) is 5.79. The Hall–Kier alpha value is -3.98. The van der Waals surface area contributed by atoms with Crippen molar-refractivity contribution in [1.82, 2.24) is 0 Å². The van der Waals surface area contributed by atoms with E-state index in [2.05, 4.69) is 27.6 Å². The second-order valence-corrected chi connectivity index (χ2v) is 9.62. The van der Waals surface area contributed by atoms with E-state index >= 15 is 0 Å². The van der Waals surface area contributed by atoms with Gasteiger partial charge >= 0.3 is 5.97 Å². The quantitative estimate of drug-likeness (QED) is 0.117. The van der Waals surface area contributed by atoms with Gasteiger partial charge in [-0.25, -0.2) is 14.2 Å². The topological polar surface area (TPSA) is 57.1 Å². The van der Waals surface area contributed by atoms with Crippen LogP contribution in [-0.2, 0) is 16.1 Å². The van der Waals surface area contributed by atoms with E-state index in [-0.39, 0.29) is 24.0 Å². The Bertz CT molecular complexity index is 1510. The number of carbonyl (C=O) groups is 1. The first-order valence-corrected chi connectivity index (χ1v) is 13.1. The number of rotatable bonds is 8. The van der Waals surface area contributed by atoms with Crippen molar-refractivity contribution in [2.24, 2.45) is 4.99 Å². The second kappa shape index (κ2) is 11.6. The van der Waals surface area contributed by atoms with Gasteiger partial charge < -0.3 is 14.2 Å². The van der Waals surface area contributed by atoms with Crippen LogP contribution in [0.4, 0.5) is 4.39 Å². The van der Waals surface area contributed by atoms with E-state index in [0.29, 0.717) is 18.1 Å². The summed E-state index contributed by atoms with van der Waals surface area (Å²) in [5.74, 6) is 0.573. The lowest BCUT2D eigenvalue weighted by Gasteiger charge is -2.15. The Balaban J connectivity index is 1.37. The van der Waals surface area contributed by atoms with Gasteiger partial charge in [0, 0.05) is 5.56 Å². The van der Waals surface area contributed by atoms with Crippen LogP contribution in [0, 0.1) is 9.39 Å². The number of benzene rings is 4. The van der Waals surface area contributed by atoms with Gasteiger partial charge in [0.25, 0.3) is 0 Å². The molecule has 0 spiro atoms. The molecular formula is C31H23FINO4. The van der Waals surface area contributed by atoms with E-state index in [1.54, 1.807) is 24.3 Å². The predicted molar refractivity (Wildman–Crippen MR) is 154 cm³/mol. The summed E-state index contributed by atoms with van der Waals surface area (Å²) in [4.78, 5) is 17.1. The van der Waals surface area contributed by atoms with Gasteiger partial charge in [0.2, 0.25) is 5.90 Å². The first kappa shape index (κ1) is 25.7. The highest BCUT2D eigenvalue weighted by molar-refractivity contribution is 14.1. The number of carbonyl (C=O) groups excluding carboxylic acids is 1. The molecule has 5 nitrogen and oxygen atoms in total. The molecule has 0 aromatic heterocycles. The summed E-state index contributed by atoms with van der Waals surface area (Å²) >= 11 is 2.17. The SMILES string of the molecule is CCOc1cc(/C=C2\N=C(c3ccc(-c4ccccc4)cc3)OC2=O)cc(I)c1OCc1ccc(F)cc1. The van der Waals surface area contributed by atoms with E-state index in [9.17, 15) is 9.18 Å². The van der Waals surface area contributed by atoms with E-state index in [0.717, 1.165) is 31.4 Å². The van der Waals surface area contributed by atoms with Crippen molar-refractivity contribution in [1.29, 1.82) is 0 Å². The van der Waals surface area contributed by atoms with Crippen LogP contribution in [-0.4, -0.2) is 18.5 Å². The Morgan fingerprint density at radius 3 is 2.29 bits per heavy atom. The number of hydrogen-bond acceptors (Lipinski definition) is 5. The molecule has 4 aromatic rings. The zero-order valence-electron chi connectivity index (χ0n) is 20.5. The maximum atomic E-state index is 13.2. The molecule has 0 atom stereocenters. The Labute approximate surface area is 233 Å². The minimum atomic E-state index is -0.517. The lowest BCUT2D eigenvalue weighted by molar-refractivity contribution is -0.129. The second-order valence-electron chi connectivity index (χ2n) is 8.46. The zero-order chi connectivity index (χ0) is 26.5. The third-order valence-corrected chi connectivity index (χ3v) is 6.59. The smallest absolute Gasteiger partial charge is 0.363 e. The summed E-state index contributed by atoms with van der Waals surface area (Å²) in [6.07, 6.45) is 1.67. The molecule has 0 unspecified atom stereocenters. The molecule has 38 heavy (non-hydrogen) atoms. The predicted octanol–water partition coefficient (Wildman–Crippen LogP) is 7.42. The van der Waals surface area contributed by atoms with Gasteiger partial charge in [-0.15, -0.1) is 0 Å². The Morgan fingerprint density at radius 1 is 0.895 bits per heavy atom. The van der Waals surface area contributed by atoms with Gasteiger partial charge in [-0.05, 0) is 94.2 Å². The van der Waals surface area contributed by atoms with Crippen LogP contribution in [0.2, 0.25) is 0 Å². The highest BCUT2D eigenvalue weighted by Gasteiger charge is 2.24. The van der Waals surface area contributed by atoms with Gasteiger partial charge in [0.15, 0.2) is 17.2 Å². The van der Waals surface area contributed by atoms with Crippen molar-refractivity contribution in [2.45, 2.75) is 13.5 Å². The summed E-state index contributed by atoms with van der Waals surface area (Å²) in [7, 11) is 0. The van der Waals surface area contributed by atoms with E-state index in [1.165, 1.54) is 12.1 Å². The molecule has 0 saturated heterocycles. The number of esters is 1. The number of cyclic esters (lactones) is 1. The molecule has 0 N–H and O–H groups in total. The third kappa shape index (κ3) is 5.94. The number of ether oxygens (including phenoxy) is 3. The number of halogens is 2. The van der Waals surface area contributed by atoms with Gasteiger partial charge in [-0.2, -0.15) is 0 Å². The fourth-order valence-corrected chi connectivity index (χ4v) is 4.72. The van der Waals surface area contributed by atoms with Crippen LogP contribution in [0.1, 0.15) is 23.6 Å². The molecule has 7 heteroatoms. The lowest BCUT2D eigenvalue weighted by atomic mass is 10.0. The van der Waals surface area contributed by atoms with Gasteiger partial charge in [-0.3, -0.25) is 0 Å². The summed E-state index contributed by atoms with van der Waals surface area (Å²) in [6, 6.07) is 27.6. The molecule has 0 fully saturated rings. The normalized spacial score (nSPS) is 13.8. The van der Waals surface area contributed by atoms with Crippen LogP contribution in [0.25, 0.3) is 17.2 Å². The minimum absolute atomic E-state index is 0.199. The van der Waals surface area contributed by atoms with Crippen molar-refractivity contribution in [3.05, 3.63) is 123 Å². The summed E-state index contributed by atoms with van der Waals surface area (Å²) in [5, 5.41) is 0. The summed E-state index contributed by atoms with van der Waals surface area (Å²) < 4.78 is 31.3. The first-order valence-electron chi connectivity index (χ1n) is 12.0. The number of nitrogens with zero attached hydrogens (tertiary/aromatic N) is 1. The molecule has 1 aliphatic rings. The van der Waals surface area contributed by atoms with Crippen molar-refractivity contribution >= 4 is 40.5 Å². The Kier molecular flexibility index (Phi) is 7.83. The van der Waals surface area contributed by atoms with E-state index < -0.39 is 5.97 Å². The van der Waals surface area contributed by atoms with Gasteiger partial charge in [0.1, 0.15) is 12.4 Å². The van der Waals surface area contributed by atoms with Crippen LogP contribution in [0.15, 0.2) is 102 Å². The molecule has 0 aliphatic carbocycles. The highest BCUT2D eigenvalue weighted by Crippen LogP contribution is 2.36. The van der Waals surface area contributed by atoms with Crippen molar-refractivity contribution < 1.29 is 23.4 Å². The maximum Gasteiger partial charge on any atom is 0.363 e. The van der Waals surface area contributed by atoms with Crippen molar-refractivity contribution in [3.8, 4) is 22.6 Å². The summed E-state index contributed by atoms with van der Waals surface area (Å²) in [5.41, 5.74) is 4.65. The minimum Gasteiger partial charge on any atom is -0.490 e. The zero-order valence-corrected chi connectivity index (χ0v) is 22.6. The molecule has 0 saturated carbocycles. The van der Waals surface area contributed by atoms with Crippen LogP contribution in [0.5, 0.6) is 11.5 Å².